The number of carbonyl (C=O) groups is 1. The number of hydrogen-bond acceptors (Lipinski definition) is 3. The number of benzene rings is 1. The van der Waals surface area contributed by atoms with Crippen LogP contribution >= 0.6 is 0 Å². The Morgan fingerprint density at radius 2 is 2.05 bits per heavy atom. The number of anilines is 2. The molecule has 1 aliphatic carbocycles. The Morgan fingerprint density at radius 1 is 1.29 bits per heavy atom. The molecule has 21 heavy (non-hydrogen) atoms. The molecule has 1 aromatic rings. The maximum absolute atomic E-state index is 12.0. The first-order chi connectivity index (χ1) is 10.2. The molecule has 0 radical (unpaired) electrons. The lowest BCUT2D eigenvalue weighted by atomic mass is 9.94. The van der Waals surface area contributed by atoms with Crippen LogP contribution in [0.25, 0.3) is 0 Å². The van der Waals surface area contributed by atoms with E-state index in [1.165, 1.54) is 37.8 Å². The first-order valence-corrected chi connectivity index (χ1v) is 8.11. The molecule has 3 rings (SSSR count). The summed E-state index contributed by atoms with van der Waals surface area (Å²) in [5, 5.41) is 6.24. The van der Waals surface area contributed by atoms with Gasteiger partial charge in [0.25, 0.3) is 0 Å². The Kier molecular flexibility index (Phi) is 4.15. The van der Waals surface area contributed by atoms with Crippen LogP contribution in [0.4, 0.5) is 11.4 Å². The number of rotatable bonds is 4. The number of amides is 1. The van der Waals surface area contributed by atoms with E-state index in [1.807, 2.05) is 6.92 Å². The van der Waals surface area contributed by atoms with Crippen molar-refractivity contribution in [2.24, 2.45) is 0 Å². The monoisotopic (exact) mass is 287 g/mol. The molecule has 0 saturated heterocycles. The lowest BCUT2D eigenvalue weighted by molar-refractivity contribution is -0.117. The zero-order valence-electron chi connectivity index (χ0n) is 13.0. The van der Waals surface area contributed by atoms with E-state index in [0.717, 1.165) is 17.8 Å². The highest BCUT2D eigenvalue weighted by molar-refractivity contribution is 6.03. The SMILES string of the molecule is CCNC1C(=O)Nc2cc(N(C)C3CCCCC3)ccc21. The van der Waals surface area contributed by atoms with Crippen molar-refractivity contribution in [3.05, 3.63) is 23.8 Å². The molecule has 2 N–H and O–H groups in total. The summed E-state index contributed by atoms with van der Waals surface area (Å²) in [5.41, 5.74) is 3.24. The molecule has 1 amide bonds. The number of carbonyl (C=O) groups excluding carboxylic acids is 1. The van der Waals surface area contributed by atoms with Gasteiger partial charge in [-0.15, -0.1) is 0 Å². The first kappa shape index (κ1) is 14.4. The van der Waals surface area contributed by atoms with Gasteiger partial charge in [0.05, 0.1) is 0 Å². The average Bonchev–Trinajstić information content (AvgIpc) is 2.83. The predicted octanol–water partition coefficient (Wildman–Crippen LogP) is 3.06. The second kappa shape index (κ2) is 6.06. The van der Waals surface area contributed by atoms with Crippen LogP contribution in [0.3, 0.4) is 0 Å². The van der Waals surface area contributed by atoms with E-state index in [-0.39, 0.29) is 11.9 Å². The number of nitrogens with one attached hydrogen (secondary N) is 2. The van der Waals surface area contributed by atoms with E-state index in [4.69, 9.17) is 0 Å². The normalized spacial score (nSPS) is 22.0. The molecule has 1 aliphatic heterocycles. The number of nitrogens with zero attached hydrogens (tertiary/aromatic N) is 1. The molecule has 0 aromatic heterocycles. The highest BCUT2D eigenvalue weighted by Gasteiger charge is 2.30. The minimum absolute atomic E-state index is 0.0596. The second-order valence-electron chi connectivity index (χ2n) is 6.15. The topological polar surface area (TPSA) is 44.4 Å². The molecule has 4 nitrogen and oxygen atoms in total. The summed E-state index contributed by atoms with van der Waals surface area (Å²) in [6.45, 7) is 2.82. The van der Waals surface area contributed by atoms with Crippen LogP contribution in [-0.4, -0.2) is 25.5 Å². The number of fused-ring (bicyclic) bond motifs is 1. The molecule has 1 fully saturated rings. The van der Waals surface area contributed by atoms with Gasteiger partial charge >= 0.3 is 0 Å². The van der Waals surface area contributed by atoms with Crippen LogP contribution in [0.2, 0.25) is 0 Å². The molecule has 1 aromatic carbocycles. The first-order valence-electron chi connectivity index (χ1n) is 8.11. The summed E-state index contributed by atoms with van der Waals surface area (Å²) in [7, 11) is 2.18. The Labute approximate surface area is 126 Å². The van der Waals surface area contributed by atoms with Crippen LogP contribution in [0, 0.1) is 0 Å². The van der Waals surface area contributed by atoms with E-state index < -0.39 is 0 Å². The van der Waals surface area contributed by atoms with Crippen molar-refractivity contribution in [1.29, 1.82) is 0 Å². The van der Waals surface area contributed by atoms with Crippen LogP contribution in [0.15, 0.2) is 18.2 Å². The molecule has 1 unspecified atom stereocenters. The molecule has 0 spiro atoms. The zero-order chi connectivity index (χ0) is 14.8. The quantitative estimate of drug-likeness (QED) is 0.894. The fourth-order valence-electron chi connectivity index (χ4n) is 3.56. The van der Waals surface area contributed by atoms with Crippen molar-refractivity contribution in [1.82, 2.24) is 5.32 Å². The molecule has 1 saturated carbocycles. The maximum atomic E-state index is 12.0. The Hall–Kier alpha value is -1.55. The average molecular weight is 287 g/mol. The molecular formula is C17H25N3O. The smallest absolute Gasteiger partial charge is 0.246 e. The standard InChI is InChI=1S/C17H25N3O/c1-3-18-16-14-10-9-13(11-15(14)19-17(16)21)20(2)12-7-5-4-6-8-12/h9-12,16,18H,3-8H2,1-2H3,(H,19,21). The van der Waals surface area contributed by atoms with Crippen LogP contribution < -0.4 is 15.5 Å². The zero-order valence-corrected chi connectivity index (χ0v) is 13.0. The van der Waals surface area contributed by atoms with E-state index in [1.54, 1.807) is 0 Å². The van der Waals surface area contributed by atoms with Crippen molar-refractivity contribution >= 4 is 17.3 Å². The van der Waals surface area contributed by atoms with Crippen LogP contribution in [-0.2, 0) is 4.79 Å². The summed E-state index contributed by atoms with van der Waals surface area (Å²) in [6.07, 6.45) is 6.59. The van der Waals surface area contributed by atoms with Crippen LogP contribution in [0.1, 0.15) is 50.6 Å². The second-order valence-corrected chi connectivity index (χ2v) is 6.15. The Morgan fingerprint density at radius 3 is 2.76 bits per heavy atom. The minimum Gasteiger partial charge on any atom is -0.372 e. The van der Waals surface area contributed by atoms with Crippen molar-refractivity contribution < 1.29 is 4.79 Å². The summed E-state index contributed by atoms with van der Waals surface area (Å²) in [6, 6.07) is 6.81. The van der Waals surface area contributed by atoms with Gasteiger partial charge in [0, 0.05) is 30.0 Å². The Bertz CT molecular complexity index is 523. The largest absolute Gasteiger partial charge is 0.372 e. The van der Waals surface area contributed by atoms with Crippen molar-refractivity contribution in [2.75, 3.05) is 23.8 Å². The fourth-order valence-corrected chi connectivity index (χ4v) is 3.56. The summed E-state index contributed by atoms with van der Waals surface area (Å²) >= 11 is 0. The third-order valence-corrected chi connectivity index (χ3v) is 4.81. The Balaban J connectivity index is 1.80. The molecule has 1 heterocycles. The minimum atomic E-state index is -0.195. The van der Waals surface area contributed by atoms with Crippen molar-refractivity contribution in [3.63, 3.8) is 0 Å². The van der Waals surface area contributed by atoms with Gasteiger partial charge < -0.3 is 15.5 Å². The predicted molar refractivity (Wildman–Crippen MR) is 86.8 cm³/mol. The lowest BCUT2D eigenvalue weighted by Crippen LogP contribution is -2.33. The van der Waals surface area contributed by atoms with Gasteiger partial charge in [0.15, 0.2) is 0 Å². The van der Waals surface area contributed by atoms with E-state index in [2.05, 4.69) is 40.8 Å². The third-order valence-electron chi connectivity index (χ3n) is 4.81. The highest BCUT2D eigenvalue weighted by atomic mass is 16.2. The third kappa shape index (κ3) is 2.77. The van der Waals surface area contributed by atoms with E-state index in [9.17, 15) is 4.79 Å². The molecule has 0 bridgehead atoms. The molecule has 114 valence electrons. The van der Waals surface area contributed by atoms with Gasteiger partial charge in [-0.3, -0.25) is 4.79 Å². The molecule has 2 aliphatic rings. The molecular weight excluding hydrogens is 262 g/mol. The van der Waals surface area contributed by atoms with E-state index in [0.29, 0.717) is 6.04 Å². The summed E-state index contributed by atoms with van der Waals surface area (Å²) < 4.78 is 0. The van der Waals surface area contributed by atoms with Gasteiger partial charge in [-0.2, -0.15) is 0 Å². The number of hydrogen-bond donors (Lipinski definition) is 2. The number of likely N-dealkylation sites (N-methyl/N-ethyl adjacent to an activating group) is 1. The van der Waals surface area contributed by atoms with Gasteiger partial charge in [0.2, 0.25) is 5.91 Å². The molecule has 4 heteroatoms. The van der Waals surface area contributed by atoms with E-state index >= 15 is 0 Å². The van der Waals surface area contributed by atoms with Crippen LogP contribution in [0.5, 0.6) is 0 Å². The van der Waals surface area contributed by atoms with Gasteiger partial charge in [-0.05, 0) is 31.5 Å². The molecule has 1 atom stereocenters. The fraction of sp³-hybridized carbons (Fsp3) is 0.588. The van der Waals surface area contributed by atoms with Gasteiger partial charge in [0.1, 0.15) is 6.04 Å². The van der Waals surface area contributed by atoms with Crippen molar-refractivity contribution in [3.8, 4) is 0 Å². The van der Waals surface area contributed by atoms with Gasteiger partial charge in [-0.1, -0.05) is 32.3 Å². The summed E-state index contributed by atoms with van der Waals surface area (Å²) in [5.74, 6) is 0.0596. The lowest BCUT2D eigenvalue weighted by Gasteiger charge is -2.33. The summed E-state index contributed by atoms with van der Waals surface area (Å²) in [4.78, 5) is 14.4. The maximum Gasteiger partial charge on any atom is 0.246 e. The van der Waals surface area contributed by atoms with Crippen molar-refractivity contribution in [2.45, 2.75) is 51.1 Å². The van der Waals surface area contributed by atoms with Gasteiger partial charge in [-0.25, -0.2) is 0 Å². The highest BCUT2D eigenvalue weighted by Crippen LogP contribution is 2.35.